The van der Waals surface area contributed by atoms with Crippen molar-refractivity contribution in [2.75, 3.05) is 0 Å². The van der Waals surface area contributed by atoms with Gasteiger partial charge in [0.2, 0.25) is 0 Å². The van der Waals surface area contributed by atoms with E-state index in [1.807, 2.05) is 54.6 Å². The summed E-state index contributed by atoms with van der Waals surface area (Å²) < 4.78 is 5.72. The Balaban J connectivity index is 2.06. The lowest BCUT2D eigenvalue weighted by Crippen LogP contribution is -2.21. The van der Waals surface area contributed by atoms with Crippen LogP contribution in [-0.4, -0.2) is 5.78 Å². The third-order valence-electron chi connectivity index (χ3n) is 3.56. The largest absolute Gasteiger partial charge is 0.489 e. The van der Waals surface area contributed by atoms with E-state index in [1.54, 1.807) is 26.8 Å². The smallest absolute Gasteiger partial charge is 0.178 e. The molecular weight excluding hydrogens is 334 g/mol. The predicted octanol–water partition coefficient (Wildman–Crippen LogP) is 5.44. The summed E-state index contributed by atoms with van der Waals surface area (Å²) in [6, 6.07) is 16.7. The summed E-state index contributed by atoms with van der Waals surface area (Å²) in [5.41, 5.74) is 1.38. The first kappa shape index (κ1) is 18.8. The van der Waals surface area contributed by atoms with Gasteiger partial charge in [0, 0.05) is 10.4 Å². The summed E-state index contributed by atoms with van der Waals surface area (Å²) in [7, 11) is 0. The van der Waals surface area contributed by atoms with Gasteiger partial charge in [-0.1, -0.05) is 56.6 Å². The number of ether oxygens (including phenoxy) is 1. The van der Waals surface area contributed by atoms with Crippen molar-refractivity contribution < 1.29 is 9.53 Å². The number of rotatable bonds is 5. The molecule has 2 rings (SSSR count). The Kier molecular flexibility index (Phi) is 6.01. The molecule has 0 aliphatic heterocycles. The topological polar surface area (TPSA) is 50.1 Å². The Labute approximate surface area is 153 Å². The number of hydrogen-bond donors (Lipinski definition) is 0. The highest BCUT2D eigenvalue weighted by molar-refractivity contribution is 6.30. The van der Waals surface area contributed by atoms with Crippen molar-refractivity contribution >= 4 is 23.5 Å². The number of hydrogen-bond acceptors (Lipinski definition) is 3. The van der Waals surface area contributed by atoms with Gasteiger partial charge >= 0.3 is 0 Å². The summed E-state index contributed by atoms with van der Waals surface area (Å²) in [5.74, 6) is 0.547. The standard InChI is InChI=1S/C21H20ClNO2/c1-21(2,3)20(24)17(13-23)12-15-6-10-19(11-7-15)25-14-16-4-8-18(22)9-5-16/h4-12H,14H2,1-3H3/b17-12+. The molecule has 0 fully saturated rings. The third-order valence-corrected chi connectivity index (χ3v) is 3.81. The van der Waals surface area contributed by atoms with E-state index < -0.39 is 5.41 Å². The number of allylic oxidation sites excluding steroid dienone is 1. The summed E-state index contributed by atoms with van der Waals surface area (Å²) in [6.07, 6.45) is 1.61. The zero-order valence-corrected chi connectivity index (χ0v) is 15.3. The number of Topliss-reactive ketones (excluding diaryl/α,β-unsaturated/α-hetero) is 1. The van der Waals surface area contributed by atoms with Crippen molar-refractivity contribution in [2.45, 2.75) is 27.4 Å². The maximum absolute atomic E-state index is 12.2. The highest BCUT2D eigenvalue weighted by atomic mass is 35.5. The maximum Gasteiger partial charge on any atom is 0.178 e. The number of ketones is 1. The molecule has 128 valence electrons. The van der Waals surface area contributed by atoms with Gasteiger partial charge in [0.15, 0.2) is 5.78 Å². The summed E-state index contributed by atoms with van der Waals surface area (Å²) in [4.78, 5) is 12.2. The quantitative estimate of drug-likeness (QED) is 0.531. The predicted molar refractivity (Wildman–Crippen MR) is 100 cm³/mol. The highest BCUT2D eigenvalue weighted by Crippen LogP contribution is 2.22. The van der Waals surface area contributed by atoms with Crippen LogP contribution in [0.15, 0.2) is 54.1 Å². The molecule has 0 N–H and O–H groups in total. The van der Waals surface area contributed by atoms with Gasteiger partial charge in [-0.3, -0.25) is 4.79 Å². The van der Waals surface area contributed by atoms with Gasteiger partial charge in [-0.2, -0.15) is 5.26 Å². The molecule has 0 aromatic heterocycles. The Bertz CT molecular complexity index is 807. The van der Waals surface area contributed by atoms with Crippen LogP contribution < -0.4 is 4.74 Å². The van der Waals surface area contributed by atoms with E-state index in [0.29, 0.717) is 17.4 Å². The molecule has 3 nitrogen and oxygen atoms in total. The van der Waals surface area contributed by atoms with Crippen LogP contribution in [0.2, 0.25) is 5.02 Å². The zero-order chi connectivity index (χ0) is 18.4. The number of nitriles is 1. The number of carbonyl (C=O) groups excluding carboxylic acids is 1. The molecule has 0 atom stereocenters. The summed E-state index contributed by atoms with van der Waals surface area (Å²) >= 11 is 5.86. The van der Waals surface area contributed by atoms with E-state index >= 15 is 0 Å². The van der Waals surface area contributed by atoms with Crippen molar-refractivity contribution in [3.63, 3.8) is 0 Å². The number of halogens is 1. The van der Waals surface area contributed by atoms with Gasteiger partial charge in [-0.15, -0.1) is 0 Å². The van der Waals surface area contributed by atoms with E-state index in [0.717, 1.165) is 11.1 Å². The normalized spacial score (nSPS) is 11.7. The second-order valence-corrected chi connectivity index (χ2v) is 7.17. The average molecular weight is 354 g/mol. The second kappa shape index (κ2) is 8.00. The first-order chi connectivity index (χ1) is 11.8. The Morgan fingerprint density at radius 2 is 1.72 bits per heavy atom. The minimum Gasteiger partial charge on any atom is -0.489 e. The van der Waals surface area contributed by atoms with Gasteiger partial charge < -0.3 is 4.74 Å². The Hall–Kier alpha value is -2.57. The van der Waals surface area contributed by atoms with Gasteiger partial charge in [0.05, 0.1) is 5.57 Å². The molecule has 25 heavy (non-hydrogen) atoms. The van der Waals surface area contributed by atoms with Crippen molar-refractivity contribution in [1.29, 1.82) is 5.26 Å². The van der Waals surface area contributed by atoms with E-state index in [9.17, 15) is 10.1 Å². The molecule has 2 aromatic rings. The highest BCUT2D eigenvalue weighted by Gasteiger charge is 2.24. The molecule has 0 saturated heterocycles. The van der Waals surface area contributed by atoms with Gasteiger partial charge in [0.25, 0.3) is 0 Å². The molecule has 0 aliphatic carbocycles. The van der Waals surface area contributed by atoms with Gasteiger partial charge in [-0.25, -0.2) is 0 Å². The van der Waals surface area contributed by atoms with Crippen molar-refractivity contribution in [1.82, 2.24) is 0 Å². The fourth-order valence-electron chi connectivity index (χ4n) is 2.13. The molecule has 0 saturated carbocycles. The molecule has 4 heteroatoms. The molecule has 2 aromatic carbocycles. The number of carbonyl (C=O) groups is 1. The SMILES string of the molecule is CC(C)(C)C(=O)/C(C#N)=C/c1ccc(OCc2ccc(Cl)cc2)cc1. The Morgan fingerprint density at radius 1 is 1.12 bits per heavy atom. The van der Waals surface area contributed by atoms with Crippen LogP contribution in [0.4, 0.5) is 0 Å². The maximum atomic E-state index is 12.2. The number of benzene rings is 2. The Morgan fingerprint density at radius 3 is 2.24 bits per heavy atom. The number of nitrogens with zero attached hydrogens (tertiary/aromatic N) is 1. The van der Waals surface area contributed by atoms with Gasteiger partial charge in [-0.05, 0) is 41.5 Å². The lowest BCUT2D eigenvalue weighted by atomic mass is 9.86. The molecule has 0 heterocycles. The van der Waals surface area contributed by atoms with E-state index in [4.69, 9.17) is 16.3 Å². The van der Waals surface area contributed by atoms with Crippen LogP contribution in [0.5, 0.6) is 5.75 Å². The monoisotopic (exact) mass is 353 g/mol. The van der Waals surface area contributed by atoms with Crippen LogP contribution in [-0.2, 0) is 11.4 Å². The van der Waals surface area contributed by atoms with Crippen LogP contribution in [0.3, 0.4) is 0 Å². The van der Waals surface area contributed by atoms with Crippen LogP contribution in [0.25, 0.3) is 6.08 Å². The minimum absolute atomic E-state index is 0.155. The lowest BCUT2D eigenvalue weighted by Gasteiger charge is -2.15. The summed E-state index contributed by atoms with van der Waals surface area (Å²) in [5, 5.41) is 9.92. The minimum atomic E-state index is -0.580. The summed E-state index contributed by atoms with van der Waals surface area (Å²) in [6.45, 7) is 5.84. The average Bonchev–Trinajstić information content (AvgIpc) is 2.59. The molecular formula is C21H20ClNO2. The first-order valence-electron chi connectivity index (χ1n) is 7.93. The van der Waals surface area contributed by atoms with E-state index in [1.165, 1.54) is 0 Å². The molecule has 0 bridgehead atoms. The first-order valence-corrected chi connectivity index (χ1v) is 8.31. The van der Waals surface area contributed by atoms with E-state index in [-0.39, 0.29) is 11.4 Å². The molecule has 0 unspecified atom stereocenters. The zero-order valence-electron chi connectivity index (χ0n) is 14.5. The van der Waals surface area contributed by atoms with E-state index in [2.05, 4.69) is 0 Å². The molecule has 0 amide bonds. The van der Waals surface area contributed by atoms with Crippen LogP contribution >= 0.6 is 11.6 Å². The van der Waals surface area contributed by atoms with Crippen molar-refractivity contribution in [3.05, 3.63) is 70.3 Å². The van der Waals surface area contributed by atoms with Crippen molar-refractivity contribution in [3.8, 4) is 11.8 Å². The van der Waals surface area contributed by atoms with Gasteiger partial charge in [0.1, 0.15) is 18.4 Å². The van der Waals surface area contributed by atoms with Crippen molar-refractivity contribution in [2.24, 2.45) is 5.41 Å². The fraction of sp³-hybridized carbons (Fsp3) is 0.238. The molecule has 0 spiro atoms. The van der Waals surface area contributed by atoms with Crippen LogP contribution in [0, 0.1) is 16.7 Å². The van der Waals surface area contributed by atoms with Crippen LogP contribution in [0.1, 0.15) is 31.9 Å². The lowest BCUT2D eigenvalue weighted by molar-refractivity contribution is -0.121. The molecule has 0 radical (unpaired) electrons. The molecule has 0 aliphatic rings. The second-order valence-electron chi connectivity index (χ2n) is 6.73. The third kappa shape index (κ3) is 5.48. The fourth-order valence-corrected chi connectivity index (χ4v) is 2.25.